The van der Waals surface area contributed by atoms with E-state index in [9.17, 15) is 4.79 Å². The van der Waals surface area contributed by atoms with Gasteiger partial charge in [-0.1, -0.05) is 5.16 Å². The lowest BCUT2D eigenvalue weighted by Crippen LogP contribution is -2.50. The summed E-state index contributed by atoms with van der Waals surface area (Å²) in [5, 5.41) is 6.70. The number of ether oxygens (including phenoxy) is 1. The lowest BCUT2D eigenvalue weighted by molar-refractivity contribution is 0.208. The number of rotatable bonds is 6. The van der Waals surface area contributed by atoms with Crippen LogP contribution in [-0.4, -0.2) is 66.5 Å². The van der Waals surface area contributed by atoms with Crippen molar-refractivity contribution in [3.8, 4) is 5.75 Å². The quantitative estimate of drug-likeness (QED) is 0.550. The van der Waals surface area contributed by atoms with Crippen molar-refractivity contribution >= 4 is 29.6 Å². The Bertz CT molecular complexity index is 878. The molecular formula is C20H27N7O3. The molecule has 160 valence electrons. The fraction of sp³-hybridized carbons (Fsp3) is 0.400. The number of hydrogen-bond acceptors (Lipinski definition) is 8. The fourth-order valence-corrected chi connectivity index (χ4v) is 3.09. The lowest BCUT2D eigenvalue weighted by atomic mass is 10.2. The van der Waals surface area contributed by atoms with Gasteiger partial charge in [-0.25, -0.2) is 14.8 Å². The van der Waals surface area contributed by atoms with E-state index in [1.807, 2.05) is 38.1 Å². The topological polar surface area (TPSA) is 118 Å². The van der Waals surface area contributed by atoms with Crippen molar-refractivity contribution in [3.05, 3.63) is 36.2 Å². The number of urea groups is 1. The maximum Gasteiger partial charge on any atom is 0.321 e. The van der Waals surface area contributed by atoms with Crippen molar-refractivity contribution < 1.29 is 14.4 Å². The molecule has 0 atom stereocenters. The molecule has 0 saturated carbocycles. The summed E-state index contributed by atoms with van der Waals surface area (Å²) in [7, 11) is 1.46. The molecule has 0 unspecified atom stereocenters. The van der Waals surface area contributed by atoms with Crippen molar-refractivity contribution in [3.63, 3.8) is 0 Å². The van der Waals surface area contributed by atoms with E-state index in [0.717, 1.165) is 11.4 Å². The predicted octanol–water partition coefficient (Wildman–Crippen LogP) is 2.18. The third-order valence-corrected chi connectivity index (χ3v) is 4.52. The average Bonchev–Trinajstić information content (AvgIpc) is 2.74. The molecule has 0 bridgehead atoms. The molecular weight excluding hydrogens is 386 g/mol. The zero-order chi connectivity index (χ0) is 21.5. The summed E-state index contributed by atoms with van der Waals surface area (Å²) in [5.74, 6) is 1.77. The van der Waals surface area contributed by atoms with Gasteiger partial charge in [0, 0.05) is 31.9 Å². The molecule has 1 aliphatic rings. The number of nitrogens with two attached hydrogens (primary N) is 1. The van der Waals surface area contributed by atoms with E-state index in [2.05, 4.69) is 25.3 Å². The van der Waals surface area contributed by atoms with Gasteiger partial charge in [-0.2, -0.15) is 0 Å². The molecule has 1 aliphatic heterocycles. The third kappa shape index (κ3) is 5.28. The molecule has 1 aromatic heterocycles. The first-order valence-corrected chi connectivity index (χ1v) is 9.72. The van der Waals surface area contributed by atoms with Crippen LogP contribution in [0.2, 0.25) is 0 Å². The number of anilines is 3. The molecule has 0 spiro atoms. The number of piperazine rings is 1. The lowest BCUT2D eigenvalue weighted by Gasteiger charge is -2.35. The number of nitrogens with zero attached hydrogens (tertiary/aromatic N) is 5. The standard InChI is InChI=1S/C20H27N7O3/c1-14(2)30-16-6-4-15(5-7-16)25-20(28)27-10-8-26(9-11-27)19-17(12-24-29-3)18(21)22-13-23-19/h4-7,12-14H,8-11H2,1-3H3,(H,25,28)(H2,21,22,23). The van der Waals surface area contributed by atoms with Crippen LogP contribution in [0.25, 0.3) is 0 Å². The zero-order valence-corrected chi connectivity index (χ0v) is 17.4. The zero-order valence-electron chi connectivity index (χ0n) is 17.4. The Balaban J connectivity index is 1.58. The molecule has 1 aromatic carbocycles. The largest absolute Gasteiger partial charge is 0.491 e. The monoisotopic (exact) mass is 413 g/mol. The summed E-state index contributed by atoms with van der Waals surface area (Å²) >= 11 is 0. The van der Waals surface area contributed by atoms with Crippen LogP contribution in [0.3, 0.4) is 0 Å². The van der Waals surface area contributed by atoms with Gasteiger partial charge in [-0.15, -0.1) is 0 Å². The van der Waals surface area contributed by atoms with Crippen LogP contribution in [0, 0.1) is 0 Å². The summed E-state index contributed by atoms with van der Waals surface area (Å²) in [5.41, 5.74) is 7.28. The number of nitrogen functional groups attached to an aromatic ring is 1. The molecule has 30 heavy (non-hydrogen) atoms. The third-order valence-electron chi connectivity index (χ3n) is 4.52. The van der Waals surface area contributed by atoms with Crippen LogP contribution in [0.1, 0.15) is 19.4 Å². The number of carbonyl (C=O) groups excluding carboxylic acids is 1. The Morgan fingerprint density at radius 2 is 1.90 bits per heavy atom. The maximum atomic E-state index is 12.6. The van der Waals surface area contributed by atoms with Crippen LogP contribution >= 0.6 is 0 Å². The fourth-order valence-electron chi connectivity index (χ4n) is 3.09. The Morgan fingerprint density at radius 3 is 2.53 bits per heavy atom. The van der Waals surface area contributed by atoms with Gasteiger partial charge in [0.1, 0.15) is 30.8 Å². The Kier molecular flexibility index (Phi) is 6.89. The number of carbonyl (C=O) groups is 1. The second-order valence-electron chi connectivity index (χ2n) is 7.01. The highest BCUT2D eigenvalue weighted by Crippen LogP contribution is 2.22. The Morgan fingerprint density at radius 1 is 1.20 bits per heavy atom. The van der Waals surface area contributed by atoms with Gasteiger partial charge < -0.3 is 30.4 Å². The number of amides is 2. The number of hydrogen-bond donors (Lipinski definition) is 2. The first kappa shape index (κ1) is 21.2. The normalized spacial score (nSPS) is 14.3. The predicted molar refractivity (Wildman–Crippen MR) is 116 cm³/mol. The van der Waals surface area contributed by atoms with Crippen LogP contribution in [-0.2, 0) is 4.84 Å². The highest BCUT2D eigenvalue weighted by molar-refractivity contribution is 5.92. The Labute approximate surface area is 175 Å². The molecule has 3 rings (SSSR count). The van der Waals surface area contributed by atoms with Crippen molar-refractivity contribution in [1.82, 2.24) is 14.9 Å². The minimum atomic E-state index is -0.143. The molecule has 10 heteroatoms. The van der Waals surface area contributed by atoms with Crippen LogP contribution in [0.4, 0.5) is 22.1 Å². The summed E-state index contributed by atoms with van der Waals surface area (Å²) < 4.78 is 5.62. The van der Waals surface area contributed by atoms with Crippen LogP contribution < -0.4 is 20.7 Å². The minimum absolute atomic E-state index is 0.105. The van der Waals surface area contributed by atoms with Gasteiger partial charge in [-0.3, -0.25) is 0 Å². The van der Waals surface area contributed by atoms with Crippen molar-refractivity contribution in [2.45, 2.75) is 20.0 Å². The first-order chi connectivity index (χ1) is 14.5. The van der Waals surface area contributed by atoms with Crippen molar-refractivity contribution in [2.24, 2.45) is 5.16 Å². The van der Waals surface area contributed by atoms with Gasteiger partial charge in [0.05, 0.1) is 17.9 Å². The second-order valence-corrected chi connectivity index (χ2v) is 7.01. The SMILES string of the molecule is CON=Cc1c(N)ncnc1N1CCN(C(=O)Nc2ccc(OC(C)C)cc2)CC1. The van der Waals surface area contributed by atoms with Gasteiger partial charge in [-0.05, 0) is 38.1 Å². The molecule has 2 aromatic rings. The molecule has 3 N–H and O–H groups in total. The van der Waals surface area contributed by atoms with E-state index in [0.29, 0.717) is 43.4 Å². The highest BCUT2D eigenvalue weighted by Gasteiger charge is 2.24. The van der Waals surface area contributed by atoms with E-state index in [4.69, 9.17) is 15.3 Å². The van der Waals surface area contributed by atoms with Gasteiger partial charge in [0.25, 0.3) is 0 Å². The van der Waals surface area contributed by atoms with Gasteiger partial charge in [0.2, 0.25) is 0 Å². The summed E-state index contributed by atoms with van der Waals surface area (Å²) in [6.07, 6.45) is 3.02. The number of oxime groups is 1. The van der Waals surface area contributed by atoms with E-state index >= 15 is 0 Å². The molecule has 1 saturated heterocycles. The second kappa shape index (κ2) is 9.77. The summed E-state index contributed by atoms with van der Waals surface area (Å²) in [6.45, 7) is 6.25. The smallest absolute Gasteiger partial charge is 0.321 e. The van der Waals surface area contributed by atoms with E-state index in [-0.39, 0.29) is 12.1 Å². The molecule has 0 aliphatic carbocycles. The van der Waals surface area contributed by atoms with E-state index in [1.165, 1.54) is 19.7 Å². The van der Waals surface area contributed by atoms with Gasteiger partial charge in [0.15, 0.2) is 0 Å². The summed E-state index contributed by atoms with van der Waals surface area (Å²) in [4.78, 5) is 29.5. The number of nitrogens with one attached hydrogen (secondary N) is 1. The van der Waals surface area contributed by atoms with Gasteiger partial charge >= 0.3 is 6.03 Å². The molecule has 2 amide bonds. The van der Waals surface area contributed by atoms with E-state index in [1.54, 1.807) is 4.90 Å². The van der Waals surface area contributed by atoms with Crippen molar-refractivity contribution in [1.29, 1.82) is 0 Å². The average molecular weight is 413 g/mol. The molecule has 2 heterocycles. The number of benzene rings is 1. The molecule has 1 fully saturated rings. The minimum Gasteiger partial charge on any atom is -0.491 e. The number of aromatic nitrogens is 2. The molecule has 0 radical (unpaired) electrons. The highest BCUT2D eigenvalue weighted by atomic mass is 16.6. The maximum absolute atomic E-state index is 12.6. The first-order valence-electron chi connectivity index (χ1n) is 9.72. The van der Waals surface area contributed by atoms with Crippen LogP contribution in [0.15, 0.2) is 35.7 Å². The van der Waals surface area contributed by atoms with E-state index < -0.39 is 0 Å². The van der Waals surface area contributed by atoms with Crippen molar-refractivity contribution in [2.75, 3.05) is 49.2 Å². The Hall–Kier alpha value is -3.56. The summed E-state index contributed by atoms with van der Waals surface area (Å²) in [6, 6.07) is 7.20. The molecule has 10 nitrogen and oxygen atoms in total. The van der Waals surface area contributed by atoms with Crippen LogP contribution in [0.5, 0.6) is 5.75 Å².